The normalized spacial score (nSPS) is 17.9. The van der Waals surface area contributed by atoms with E-state index in [4.69, 9.17) is 11.6 Å². The molecular weight excluding hydrogens is 326 g/mol. The third-order valence-electron chi connectivity index (χ3n) is 3.43. The van der Waals surface area contributed by atoms with Crippen molar-refractivity contribution in [2.45, 2.75) is 25.3 Å². The fourth-order valence-electron chi connectivity index (χ4n) is 2.52. The smallest absolute Gasteiger partial charge is 0.148 e. The molecule has 1 aromatic heterocycles. The Hall–Kier alpha value is -1.13. The molecule has 1 aliphatic rings. The number of aromatic nitrogens is 2. The topological polar surface area (TPSA) is 37.8 Å². The van der Waals surface area contributed by atoms with Crippen molar-refractivity contribution in [3.05, 3.63) is 51.3 Å². The molecule has 1 N–H and O–H groups in total. The first kappa shape index (κ1) is 12.9. The number of nitrogens with one attached hydrogen (secondary N) is 1. The van der Waals surface area contributed by atoms with E-state index in [1.165, 1.54) is 23.9 Å². The molecule has 98 valence electrons. The van der Waals surface area contributed by atoms with Gasteiger partial charge in [0.25, 0.3) is 0 Å². The third-order valence-corrected chi connectivity index (χ3v) is 4.69. The van der Waals surface area contributed by atoms with Crippen LogP contribution in [0.25, 0.3) is 0 Å². The molecular formula is C14H13BrClN3. The average molecular weight is 339 g/mol. The quantitative estimate of drug-likeness (QED) is 0.826. The lowest BCUT2D eigenvalue weighted by atomic mass is 9.88. The largest absolute Gasteiger partial charge is 0.362 e. The molecule has 0 bridgehead atoms. The van der Waals surface area contributed by atoms with Gasteiger partial charge in [0.2, 0.25) is 0 Å². The molecule has 1 heterocycles. The highest BCUT2D eigenvalue weighted by Gasteiger charge is 2.21. The summed E-state index contributed by atoms with van der Waals surface area (Å²) in [5.74, 6) is 0.752. The average Bonchev–Trinajstić information content (AvgIpc) is 2.44. The molecule has 19 heavy (non-hydrogen) atoms. The van der Waals surface area contributed by atoms with Crippen molar-refractivity contribution in [3.63, 3.8) is 0 Å². The van der Waals surface area contributed by atoms with Crippen molar-refractivity contribution in [1.29, 1.82) is 0 Å². The summed E-state index contributed by atoms with van der Waals surface area (Å²) in [6.07, 6.45) is 4.92. The molecule has 0 radical (unpaired) electrons. The SMILES string of the molecule is Clc1ncnc(NC2CCCc3ccccc32)c1Br. The zero-order chi connectivity index (χ0) is 13.2. The molecule has 1 aromatic carbocycles. The Kier molecular flexibility index (Phi) is 3.71. The molecule has 0 aliphatic heterocycles. The van der Waals surface area contributed by atoms with Gasteiger partial charge < -0.3 is 5.32 Å². The monoisotopic (exact) mass is 337 g/mol. The molecule has 1 atom stereocenters. The Bertz CT molecular complexity index is 603. The summed E-state index contributed by atoms with van der Waals surface area (Å²) >= 11 is 9.42. The summed E-state index contributed by atoms with van der Waals surface area (Å²) in [6, 6.07) is 8.85. The number of hydrogen-bond acceptors (Lipinski definition) is 3. The van der Waals surface area contributed by atoms with Crippen molar-refractivity contribution < 1.29 is 0 Å². The van der Waals surface area contributed by atoms with E-state index < -0.39 is 0 Å². The molecule has 3 rings (SSSR count). The minimum absolute atomic E-state index is 0.284. The van der Waals surface area contributed by atoms with Gasteiger partial charge >= 0.3 is 0 Å². The summed E-state index contributed by atoms with van der Waals surface area (Å²) in [5.41, 5.74) is 2.78. The maximum Gasteiger partial charge on any atom is 0.148 e. The summed E-state index contributed by atoms with van der Waals surface area (Å²) in [5, 5.41) is 3.90. The van der Waals surface area contributed by atoms with Gasteiger partial charge in [0.15, 0.2) is 0 Å². The lowest BCUT2D eigenvalue weighted by Crippen LogP contribution is -2.18. The molecule has 0 saturated carbocycles. The van der Waals surface area contributed by atoms with Crippen LogP contribution >= 0.6 is 27.5 Å². The van der Waals surface area contributed by atoms with Crippen LogP contribution in [0, 0.1) is 0 Å². The number of hydrogen-bond donors (Lipinski definition) is 1. The van der Waals surface area contributed by atoms with Gasteiger partial charge in [-0.25, -0.2) is 9.97 Å². The lowest BCUT2D eigenvalue weighted by molar-refractivity contribution is 0.598. The molecule has 1 unspecified atom stereocenters. The molecule has 0 saturated heterocycles. The fourth-order valence-corrected chi connectivity index (χ4v) is 2.97. The molecule has 1 aliphatic carbocycles. The zero-order valence-corrected chi connectivity index (χ0v) is 12.6. The van der Waals surface area contributed by atoms with Crippen LogP contribution in [0.15, 0.2) is 35.1 Å². The van der Waals surface area contributed by atoms with Crippen LogP contribution in [-0.2, 0) is 6.42 Å². The van der Waals surface area contributed by atoms with Gasteiger partial charge in [0.05, 0.1) is 10.5 Å². The van der Waals surface area contributed by atoms with Gasteiger partial charge in [-0.3, -0.25) is 0 Å². The van der Waals surface area contributed by atoms with Crippen LogP contribution in [0.1, 0.15) is 30.0 Å². The van der Waals surface area contributed by atoms with Crippen molar-refractivity contribution in [1.82, 2.24) is 9.97 Å². The Morgan fingerprint density at radius 1 is 1.26 bits per heavy atom. The number of halogens is 2. The van der Waals surface area contributed by atoms with E-state index in [9.17, 15) is 0 Å². The van der Waals surface area contributed by atoms with Crippen LogP contribution in [-0.4, -0.2) is 9.97 Å². The second kappa shape index (κ2) is 5.47. The number of rotatable bonds is 2. The zero-order valence-electron chi connectivity index (χ0n) is 10.2. The van der Waals surface area contributed by atoms with Gasteiger partial charge in [-0.05, 0) is 46.3 Å². The van der Waals surface area contributed by atoms with Crippen LogP contribution in [0.3, 0.4) is 0 Å². The van der Waals surface area contributed by atoms with Crippen LogP contribution in [0.4, 0.5) is 5.82 Å². The van der Waals surface area contributed by atoms with Crippen LogP contribution in [0.5, 0.6) is 0 Å². The molecule has 0 amide bonds. The highest BCUT2D eigenvalue weighted by atomic mass is 79.9. The predicted molar refractivity (Wildman–Crippen MR) is 80.5 cm³/mol. The second-order valence-corrected chi connectivity index (χ2v) is 5.77. The van der Waals surface area contributed by atoms with E-state index in [1.54, 1.807) is 0 Å². The number of nitrogens with zero attached hydrogens (tertiary/aromatic N) is 2. The van der Waals surface area contributed by atoms with Crippen molar-refractivity contribution in [2.24, 2.45) is 0 Å². The van der Waals surface area contributed by atoms with E-state index in [1.807, 2.05) is 0 Å². The van der Waals surface area contributed by atoms with Crippen molar-refractivity contribution in [2.75, 3.05) is 5.32 Å². The van der Waals surface area contributed by atoms with E-state index >= 15 is 0 Å². The Balaban J connectivity index is 1.91. The van der Waals surface area contributed by atoms with Gasteiger partial charge in [0, 0.05) is 0 Å². The maximum absolute atomic E-state index is 5.99. The number of aryl methyl sites for hydroxylation is 1. The van der Waals surface area contributed by atoms with E-state index in [2.05, 4.69) is 55.5 Å². The van der Waals surface area contributed by atoms with Gasteiger partial charge in [-0.2, -0.15) is 0 Å². The Labute approximate surface area is 125 Å². The molecule has 2 aromatic rings. The Morgan fingerprint density at radius 2 is 2.11 bits per heavy atom. The summed E-state index contributed by atoms with van der Waals surface area (Å²) in [4.78, 5) is 8.20. The molecule has 3 nitrogen and oxygen atoms in total. The van der Waals surface area contributed by atoms with Gasteiger partial charge in [-0.15, -0.1) is 0 Å². The highest BCUT2D eigenvalue weighted by molar-refractivity contribution is 9.10. The molecule has 5 heteroatoms. The van der Waals surface area contributed by atoms with Crippen LogP contribution in [0.2, 0.25) is 5.15 Å². The predicted octanol–water partition coefficient (Wildman–Crippen LogP) is 4.38. The van der Waals surface area contributed by atoms with E-state index in [0.717, 1.165) is 23.1 Å². The third kappa shape index (κ3) is 2.60. The highest BCUT2D eigenvalue weighted by Crippen LogP contribution is 2.34. The van der Waals surface area contributed by atoms with Gasteiger partial charge in [0.1, 0.15) is 17.3 Å². The second-order valence-electron chi connectivity index (χ2n) is 4.62. The van der Waals surface area contributed by atoms with Crippen molar-refractivity contribution in [3.8, 4) is 0 Å². The fraction of sp³-hybridized carbons (Fsp3) is 0.286. The minimum atomic E-state index is 0.284. The minimum Gasteiger partial charge on any atom is -0.362 e. The first-order valence-electron chi connectivity index (χ1n) is 6.26. The number of fused-ring (bicyclic) bond motifs is 1. The summed E-state index contributed by atoms with van der Waals surface area (Å²) in [7, 11) is 0. The first-order chi connectivity index (χ1) is 9.25. The van der Waals surface area contributed by atoms with Crippen molar-refractivity contribution >= 4 is 33.3 Å². The lowest BCUT2D eigenvalue weighted by Gasteiger charge is -2.27. The van der Waals surface area contributed by atoms with E-state index in [0.29, 0.717) is 5.15 Å². The standard InChI is InChI=1S/C14H13BrClN3/c15-12-13(16)17-8-18-14(12)19-11-7-3-5-9-4-1-2-6-10(9)11/h1-2,4,6,8,11H,3,5,7H2,(H,17,18,19). The van der Waals surface area contributed by atoms with Crippen LogP contribution < -0.4 is 5.32 Å². The number of benzene rings is 1. The first-order valence-corrected chi connectivity index (χ1v) is 7.43. The molecule has 0 fully saturated rings. The maximum atomic E-state index is 5.99. The summed E-state index contributed by atoms with van der Waals surface area (Å²) < 4.78 is 0.722. The van der Waals surface area contributed by atoms with Gasteiger partial charge in [-0.1, -0.05) is 35.9 Å². The van der Waals surface area contributed by atoms with E-state index in [-0.39, 0.29) is 6.04 Å². The molecule has 0 spiro atoms. The number of anilines is 1. The summed E-state index contributed by atoms with van der Waals surface area (Å²) in [6.45, 7) is 0. The Morgan fingerprint density at radius 3 is 3.00 bits per heavy atom.